The third-order valence-electron chi connectivity index (χ3n) is 6.73. The summed E-state index contributed by atoms with van der Waals surface area (Å²) in [6.07, 6.45) is 7.38. The highest BCUT2D eigenvalue weighted by molar-refractivity contribution is 5.93. The van der Waals surface area contributed by atoms with Crippen molar-refractivity contribution < 1.29 is 14.3 Å². The van der Waals surface area contributed by atoms with Gasteiger partial charge < -0.3 is 14.5 Å². The first kappa shape index (κ1) is 20.0. The molecule has 2 aromatic rings. The van der Waals surface area contributed by atoms with Crippen LogP contribution >= 0.6 is 0 Å². The number of hydrogen-bond acceptors (Lipinski definition) is 4. The molecule has 0 saturated carbocycles. The molecule has 2 saturated heterocycles. The van der Waals surface area contributed by atoms with Crippen LogP contribution in [-0.2, 0) is 34.0 Å². The van der Waals surface area contributed by atoms with Gasteiger partial charge in [0.2, 0.25) is 11.8 Å². The second kappa shape index (κ2) is 7.34. The number of carbonyl (C=O) groups excluding carboxylic acids is 2. The molecule has 31 heavy (non-hydrogen) atoms. The monoisotopic (exact) mass is 420 g/mol. The Morgan fingerprint density at radius 3 is 2.94 bits per heavy atom. The number of nitrogens with zero attached hydrogens (tertiary/aromatic N) is 4. The Labute approximate surface area is 182 Å². The lowest BCUT2D eigenvalue weighted by atomic mass is 9.76. The van der Waals surface area contributed by atoms with Gasteiger partial charge in [-0.2, -0.15) is 5.10 Å². The van der Waals surface area contributed by atoms with E-state index in [4.69, 9.17) is 4.74 Å². The van der Waals surface area contributed by atoms with E-state index in [1.807, 2.05) is 60.0 Å². The van der Waals surface area contributed by atoms with Crippen LogP contribution in [0.1, 0.15) is 23.6 Å². The van der Waals surface area contributed by atoms with Gasteiger partial charge >= 0.3 is 0 Å². The van der Waals surface area contributed by atoms with E-state index in [2.05, 4.69) is 11.2 Å². The van der Waals surface area contributed by atoms with Crippen molar-refractivity contribution in [3.05, 3.63) is 65.5 Å². The summed E-state index contributed by atoms with van der Waals surface area (Å²) in [6.45, 7) is 6.36. The molecule has 2 fully saturated rings. The third-order valence-corrected chi connectivity index (χ3v) is 6.73. The number of ether oxygens (including phenoxy) is 1. The van der Waals surface area contributed by atoms with Crippen LogP contribution in [-0.4, -0.2) is 56.7 Å². The molecule has 1 aromatic carbocycles. The average molecular weight is 421 g/mol. The zero-order valence-electron chi connectivity index (χ0n) is 18.2. The minimum absolute atomic E-state index is 0.0129. The van der Waals surface area contributed by atoms with Crippen LogP contribution in [0.25, 0.3) is 0 Å². The molecule has 4 heterocycles. The molecule has 162 valence electrons. The highest BCUT2D eigenvalue weighted by atomic mass is 16.5. The van der Waals surface area contributed by atoms with Gasteiger partial charge in [0.05, 0.1) is 30.7 Å². The highest BCUT2D eigenvalue weighted by Crippen LogP contribution is 2.52. The number of hydrogen-bond donors (Lipinski definition) is 0. The minimum Gasteiger partial charge on any atom is -0.360 e. The van der Waals surface area contributed by atoms with Gasteiger partial charge in [0.1, 0.15) is 5.60 Å². The van der Waals surface area contributed by atoms with Gasteiger partial charge in [-0.3, -0.25) is 14.3 Å². The van der Waals surface area contributed by atoms with E-state index in [-0.39, 0.29) is 17.9 Å². The molecule has 3 aliphatic heterocycles. The van der Waals surface area contributed by atoms with E-state index in [1.54, 1.807) is 18.1 Å². The first-order valence-corrected chi connectivity index (χ1v) is 10.9. The molecular formula is C24H28N4O3. The number of amides is 2. The van der Waals surface area contributed by atoms with Gasteiger partial charge in [0.15, 0.2) is 0 Å². The van der Waals surface area contributed by atoms with E-state index in [0.717, 1.165) is 17.7 Å². The van der Waals surface area contributed by atoms with Crippen molar-refractivity contribution >= 4 is 11.8 Å². The molecule has 3 aliphatic rings. The first-order chi connectivity index (χ1) is 14.9. The fourth-order valence-corrected chi connectivity index (χ4v) is 5.29. The summed E-state index contributed by atoms with van der Waals surface area (Å²) in [7, 11) is 1.79. The highest BCUT2D eigenvalue weighted by Gasteiger charge is 2.67. The number of aromatic nitrogens is 2. The van der Waals surface area contributed by atoms with Crippen LogP contribution < -0.4 is 0 Å². The van der Waals surface area contributed by atoms with Crippen LogP contribution in [0.2, 0.25) is 0 Å². The van der Waals surface area contributed by atoms with Crippen molar-refractivity contribution in [2.24, 2.45) is 11.8 Å². The Kier molecular flexibility index (Phi) is 4.73. The number of carbonyl (C=O) groups is 2. The predicted octanol–water partition coefficient (Wildman–Crippen LogP) is 2.15. The fourth-order valence-electron chi connectivity index (χ4n) is 5.29. The van der Waals surface area contributed by atoms with Crippen LogP contribution in [0.5, 0.6) is 0 Å². The van der Waals surface area contributed by atoms with Crippen LogP contribution in [0, 0.1) is 18.8 Å². The van der Waals surface area contributed by atoms with Crippen molar-refractivity contribution in [1.29, 1.82) is 0 Å². The molecule has 0 radical (unpaired) electrons. The number of fused-ring (bicyclic) bond motifs is 1. The maximum atomic E-state index is 13.4. The van der Waals surface area contributed by atoms with E-state index in [0.29, 0.717) is 19.6 Å². The standard InChI is InChI=1S/C24H28N4O3/c1-4-28-14-18(11-25-28)12-26(3)22(29)20-19-8-9-24(31-19)15-27(23(30)21(20)24)13-17-7-5-6-16(2)10-17/h5-11,14,19-21H,4,12-13,15H2,1-3H3/t19-,20+,21+,24-/m0/s1. The van der Waals surface area contributed by atoms with Crippen molar-refractivity contribution in [2.45, 2.75) is 45.2 Å². The third kappa shape index (κ3) is 3.28. The van der Waals surface area contributed by atoms with E-state index in [9.17, 15) is 9.59 Å². The summed E-state index contributed by atoms with van der Waals surface area (Å²) in [4.78, 5) is 30.4. The SMILES string of the molecule is CCn1cc(CN(C)C(=O)[C@@H]2[C@@H]3C=C[C@@]4(CN(Cc5cccc(C)c5)C(=O)[C@@H]24)O3)cn1. The van der Waals surface area contributed by atoms with E-state index in [1.165, 1.54) is 5.56 Å². The molecule has 0 aliphatic carbocycles. The van der Waals surface area contributed by atoms with Crippen molar-refractivity contribution in [1.82, 2.24) is 19.6 Å². The molecule has 4 atom stereocenters. The number of aryl methyl sites for hydroxylation is 2. The van der Waals surface area contributed by atoms with Gasteiger partial charge in [0.25, 0.3) is 0 Å². The molecule has 7 heteroatoms. The largest absolute Gasteiger partial charge is 0.360 e. The lowest BCUT2D eigenvalue weighted by Gasteiger charge is -2.27. The van der Waals surface area contributed by atoms with Gasteiger partial charge in [-0.1, -0.05) is 42.0 Å². The summed E-state index contributed by atoms with van der Waals surface area (Å²) in [6, 6.07) is 8.19. The second-order valence-electron chi connectivity index (χ2n) is 8.98. The van der Waals surface area contributed by atoms with Crippen LogP contribution in [0.4, 0.5) is 0 Å². The smallest absolute Gasteiger partial charge is 0.230 e. The molecule has 5 rings (SSSR count). The molecular weight excluding hydrogens is 392 g/mol. The lowest BCUT2D eigenvalue weighted by Crippen LogP contribution is -2.44. The Morgan fingerprint density at radius 2 is 2.19 bits per heavy atom. The van der Waals surface area contributed by atoms with Crippen molar-refractivity contribution in [2.75, 3.05) is 13.6 Å². The Morgan fingerprint density at radius 1 is 1.35 bits per heavy atom. The molecule has 2 bridgehead atoms. The summed E-state index contributed by atoms with van der Waals surface area (Å²) in [5, 5.41) is 4.28. The van der Waals surface area contributed by atoms with Crippen LogP contribution in [0.3, 0.4) is 0 Å². The summed E-state index contributed by atoms with van der Waals surface area (Å²) in [5.74, 6) is -0.970. The molecule has 0 unspecified atom stereocenters. The Hall–Kier alpha value is -2.93. The summed E-state index contributed by atoms with van der Waals surface area (Å²) >= 11 is 0. The number of rotatable bonds is 6. The van der Waals surface area contributed by atoms with Crippen molar-refractivity contribution in [3.8, 4) is 0 Å². The summed E-state index contributed by atoms with van der Waals surface area (Å²) < 4.78 is 8.11. The van der Waals surface area contributed by atoms with E-state index >= 15 is 0 Å². The molecule has 7 nitrogen and oxygen atoms in total. The minimum atomic E-state index is -0.681. The number of likely N-dealkylation sites (tertiary alicyclic amines) is 1. The second-order valence-corrected chi connectivity index (χ2v) is 8.98. The molecule has 0 N–H and O–H groups in total. The molecule has 1 spiro atoms. The van der Waals surface area contributed by atoms with Crippen LogP contribution in [0.15, 0.2) is 48.8 Å². The fraction of sp³-hybridized carbons (Fsp3) is 0.458. The van der Waals surface area contributed by atoms with Gasteiger partial charge in [-0.05, 0) is 19.4 Å². The number of benzene rings is 1. The Bertz CT molecular complexity index is 1060. The van der Waals surface area contributed by atoms with Gasteiger partial charge in [0, 0.05) is 38.4 Å². The quantitative estimate of drug-likeness (QED) is 0.672. The van der Waals surface area contributed by atoms with E-state index < -0.39 is 17.4 Å². The van der Waals surface area contributed by atoms with Crippen molar-refractivity contribution in [3.63, 3.8) is 0 Å². The lowest BCUT2D eigenvalue weighted by molar-refractivity contribution is -0.142. The van der Waals surface area contributed by atoms with Gasteiger partial charge in [-0.15, -0.1) is 0 Å². The summed E-state index contributed by atoms with van der Waals surface area (Å²) in [5.41, 5.74) is 2.56. The maximum Gasteiger partial charge on any atom is 0.230 e. The molecule has 2 amide bonds. The first-order valence-electron chi connectivity index (χ1n) is 10.9. The zero-order chi connectivity index (χ0) is 21.8. The molecule has 1 aromatic heterocycles. The predicted molar refractivity (Wildman–Crippen MR) is 115 cm³/mol. The average Bonchev–Trinajstić information content (AvgIpc) is 3.49. The zero-order valence-corrected chi connectivity index (χ0v) is 18.2. The topological polar surface area (TPSA) is 67.7 Å². The Balaban J connectivity index is 1.34. The maximum absolute atomic E-state index is 13.4. The normalized spacial score (nSPS) is 28.4. The van der Waals surface area contributed by atoms with Gasteiger partial charge in [-0.25, -0.2) is 0 Å².